The number of halogens is 2. The van der Waals surface area contributed by atoms with Crippen LogP contribution < -0.4 is 5.32 Å². The molecule has 1 fully saturated rings. The molecule has 2 atom stereocenters. The number of hydrogen-bond acceptors (Lipinski definition) is 2. The molecule has 1 aliphatic heterocycles. The largest absolute Gasteiger partial charge is 0.376 e. The Labute approximate surface area is 108 Å². The summed E-state index contributed by atoms with van der Waals surface area (Å²) in [5.74, 6) is 0. The van der Waals surface area contributed by atoms with Gasteiger partial charge in [0.2, 0.25) is 0 Å². The Kier molecular flexibility index (Phi) is 5.56. The summed E-state index contributed by atoms with van der Waals surface area (Å²) in [6.07, 6.45) is 1.34. The van der Waals surface area contributed by atoms with Crippen molar-refractivity contribution in [1.82, 2.24) is 5.32 Å². The van der Waals surface area contributed by atoms with Gasteiger partial charge in [0, 0.05) is 17.6 Å². The van der Waals surface area contributed by atoms with Gasteiger partial charge in [0.05, 0.1) is 12.7 Å². The molecule has 0 bridgehead atoms. The number of ether oxygens (including phenoxy) is 1. The van der Waals surface area contributed by atoms with Crippen LogP contribution in [0.25, 0.3) is 0 Å². The van der Waals surface area contributed by atoms with Crippen LogP contribution in [0.4, 0.5) is 0 Å². The zero-order valence-corrected chi connectivity index (χ0v) is 10.9. The first-order valence-electron chi connectivity index (χ1n) is 5.33. The molecule has 0 radical (unpaired) electrons. The van der Waals surface area contributed by atoms with E-state index in [0.29, 0.717) is 12.1 Å². The van der Waals surface area contributed by atoms with Crippen LogP contribution in [0.2, 0.25) is 5.02 Å². The van der Waals surface area contributed by atoms with Gasteiger partial charge in [-0.15, -0.1) is 12.4 Å². The highest BCUT2D eigenvalue weighted by molar-refractivity contribution is 6.30. The molecular formula is C12H17Cl2NO. The van der Waals surface area contributed by atoms with Crippen LogP contribution in [0.1, 0.15) is 12.5 Å². The minimum Gasteiger partial charge on any atom is -0.376 e. The Morgan fingerprint density at radius 1 is 1.38 bits per heavy atom. The van der Waals surface area contributed by atoms with Gasteiger partial charge in [-0.1, -0.05) is 23.7 Å². The highest BCUT2D eigenvalue weighted by Crippen LogP contribution is 2.12. The van der Waals surface area contributed by atoms with Gasteiger partial charge in [-0.05, 0) is 31.0 Å². The molecule has 0 amide bonds. The van der Waals surface area contributed by atoms with Crippen molar-refractivity contribution in [2.24, 2.45) is 0 Å². The Morgan fingerprint density at radius 3 is 2.62 bits per heavy atom. The monoisotopic (exact) mass is 261 g/mol. The maximum absolute atomic E-state index is 5.83. The third-order valence-electron chi connectivity index (χ3n) is 2.67. The minimum atomic E-state index is 0. The van der Waals surface area contributed by atoms with Crippen LogP contribution in [0.15, 0.2) is 24.3 Å². The lowest BCUT2D eigenvalue weighted by Crippen LogP contribution is -2.46. The summed E-state index contributed by atoms with van der Waals surface area (Å²) >= 11 is 5.83. The molecule has 1 heterocycles. The standard InChI is InChI=1S/C12H16ClNO.ClH/c1-9-7-14-12(8-15-9)6-10-2-4-11(13)5-3-10;/h2-5,9,12,14H,6-8H2,1H3;1H/t9-,12+;/m1./s1. The summed E-state index contributed by atoms with van der Waals surface area (Å²) in [5.41, 5.74) is 1.30. The van der Waals surface area contributed by atoms with E-state index in [1.807, 2.05) is 12.1 Å². The molecule has 4 heteroatoms. The van der Waals surface area contributed by atoms with E-state index >= 15 is 0 Å². The predicted molar refractivity (Wildman–Crippen MR) is 69.6 cm³/mol. The molecule has 1 saturated heterocycles. The highest BCUT2D eigenvalue weighted by Gasteiger charge is 2.17. The molecular weight excluding hydrogens is 245 g/mol. The van der Waals surface area contributed by atoms with Crippen molar-refractivity contribution in [3.63, 3.8) is 0 Å². The Balaban J connectivity index is 0.00000128. The van der Waals surface area contributed by atoms with Crippen LogP contribution in [-0.4, -0.2) is 25.3 Å². The maximum atomic E-state index is 5.83. The lowest BCUT2D eigenvalue weighted by atomic mass is 10.1. The van der Waals surface area contributed by atoms with E-state index in [1.54, 1.807) is 0 Å². The molecule has 1 aromatic carbocycles. The van der Waals surface area contributed by atoms with E-state index in [0.717, 1.165) is 24.6 Å². The van der Waals surface area contributed by atoms with Crippen molar-refractivity contribution in [2.75, 3.05) is 13.2 Å². The van der Waals surface area contributed by atoms with Gasteiger partial charge in [-0.3, -0.25) is 0 Å². The maximum Gasteiger partial charge on any atom is 0.0672 e. The summed E-state index contributed by atoms with van der Waals surface area (Å²) in [4.78, 5) is 0. The SMILES string of the molecule is C[C@@H]1CN[C@@H](Cc2ccc(Cl)cc2)CO1.Cl. The second kappa shape index (κ2) is 6.45. The quantitative estimate of drug-likeness (QED) is 0.884. The number of nitrogens with one attached hydrogen (secondary N) is 1. The van der Waals surface area contributed by atoms with E-state index in [2.05, 4.69) is 24.4 Å². The van der Waals surface area contributed by atoms with Crippen LogP contribution >= 0.6 is 24.0 Å². The van der Waals surface area contributed by atoms with Gasteiger partial charge in [-0.25, -0.2) is 0 Å². The van der Waals surface area contributed by atoms with Gasteiger partial charge >= 0.3 is 0 Å². The third-order valence-corrected chi connectivity index (χ3v) is 2.92. The molecule has 0 saturated carbocycles. The predicted octanol–water partition coefficient (Wildman–Crippen LogP) is 2.68. The van der Waals surface area contributed by atoms with Crippen molar-refractivity contribution >= 4 is 24.0 Å². The minimum absolute atomic E-state index is 0. The molecule has 1 aromatic rings. The van der Waals surface area contributed by atoms with Crippen molar-refractivity contribution in [2.45, 2.75) is 25.5 Å². The second-order valence-electron chi connectivity index (χ2n) is 4.08. The number of rotatable bonds is 2. The summed E-state index contributed by atoms with van der Waals surface area (Å²) in [7, 11) is 0. The van der Waals surface area contributed by atoms with Crippen molar-refractivity contribution in [3.05, 3.63) is 34.9 Å². The topological polar surface area (TPSA) is 21.3 Å². The van der Waals surface area contributed by atoms with Crippen LogP contribution in [-0.2, 0) is 11.2 Å². The van der Waals surface area contributed by atoms with Crippen LogP contribution in [0.5, 0.6) is 0 Å². The third kappa shape index (κ3) is 3.95. The Bertz CT molecular complexity index is 307. The average Bonchev–Trinajstić information content (AvgIpc) is 2.25. The van der Waals surface area contributed by atoms with E-state index in [9.17, 15) is 0 Å². The number of morpholine rings is 1. The molecule has 2 nitrogen and oxygen atoms in total. The van der Waals surface area contributed by atoms with Crippen LogP contribution in [0, 0.1) is 0 Å². The normalized spacial score (nSPS) is 24.9. The fourth-order valence-corrected chi connectivity index (χ4v) is 1.89. The average molecular weight is 262 g/mol. The molecule has 2 rings (SSSR count). The summed E-state index contributed by atoms with van der Waals surface area (Å²) in [6.45, 7) is 3.83. The summed E-state index contributed by atoms with van der Waals surface area (Å²) in [5, 5.41) is 4.27. The molecule has 1 aliphatic rings. The number of hydrogen-bond donors (Lipinski definition) is 1. The lowest BCUT2D eigenvalue weighted by molar-refractivity contribution is 0.0155. The second-order valence-corrected chi connectivity index (χ2v) is 4.52. The van der Waals surface area contributed by atoms with Gasteiger partial charge in [0.25, 0.3) is 0 Å². The Morgan fingerprint density at radius 2 is 2.06 bits per heavy atom. The fraction of sp³-hybridized carbons (Fsp3) is 0.500. The van der Waals surface area contributed by atoms with Gasteiger partial charge in [0.1, 0.15) is 0 Å². The zero-order valence-electron chi connectivity index (χ0n) is 9.28. The molecule has 0 unspecified atom stereocenters. The van der Waals surface area contributed by atoms with E-state index < -0.39 is 0 Å². The van der Waals surface area contributed by atoms with Gasteiger partial charge in [0.15, 0.2) is 0 Å². The first-order valence-corrected chi connectivity index (χ1v) is 5.71. The van der Waals surface area contributed by atoms with Gasteiger partial charge < -0.3 is 10.1 Å². The summed E-state index contributed by atoms with van der Waals surface area (Å²) < 4.78 is 5.60. The van der Waals surface area contributed by atoms with E-state index in [4.69, 9.17) is 16.3 Å². The first kappa shape index (κ1) is 13.8. The summed E-state index contributed by atoms with van der Waals surface area (Å²) in [6, 6.07) is 8.44. The molecule has 0 spiro atoms. The van der Waals surface area contributed by atoms with Crippen molar-refractivity contribution < 1.29 is 4.74 Å². The molecule has 1 N–H and O–H groups in total. The highest BCUT2D eigenvalue weighted by atomic mass is 35.5. The Hall–Kier alpha value is -0.280. The molecule has 0 aromatic heterocycles. The first-order chi connectivity index (χ1) is 7.24. The fourth-order valence-electron chi connectivity index (χ4n) is 1.77. The van der Waals surface area contributed by atoms with Crippen molar-refractivity contribution in [3.8, 4) is 0 Å². The molecule has 16 heavy (non-hydrogen) atoms. The van der Waals surface area contributed by atoms with Gasteiger partial charge in [-0.2, -0.15) is 0 Å². The van der Waals surface area contributed by atoms with E-state index in [-0.39, 0.29) is 12.4 Å². The zero-order chi connectivity index (χ0) is 10.7. The van der Waals surface area contributed by atoms with Crippen LogP contribution in [0.3, 0.4) is 0 Å². The van der Waals surface area contributed by atoms with Crippen molar-refractivity contribution in [1.29, 1.82) is 0 Å². The lowest BCUT2D eigenvalue weighted by Gasteiger charge is -2.28. The van der Waals surface area contributed by atoms with E-state index in [1.165, 1.54) is 5.56 Å². The smallest absolute Gasteiger partial charge is 0.0672 e. The molecule has 0 aliphatic carbocycles. The number of benzene rings is 1. The molecule has 90 valence electrons.